The van der Waals surface area contributed by atoms with Gasteiger partial charge in [0.2, 0.25) is 0 Å². The van der Waals surface area contributed by atoms with Crippen LogP contribution < -0.4 is 0 Å². The highest BCUT2D eigenvalue weighted by Crippen LogP contribution is 2.35. The van der Waals surface area contributed by atoms with Gasteiger partial charge in [0.1, 0.15) is 10.7 Å². The molecular weight excluding hydrogens is 339 g/mol. The van der Waals surface area contributed by atoms with E-state index < -0.39 is 0 Å². The standard InChI is InChI=1S/C18H19FN4OS/c1-12-8-16(24-21-12)18-17(20-22-25-18)14-5-3-7-23(11-14)10-13-4-2-6-15(19)9-13/h2,4,6,8-9,14H,3,5,7,10-11H2,1H3. The van der Waals surface area contributed by atoms with E-state index in [1.54, 1.807) is 12.1 Å². The zero-order valence-corrected chi connectivity index (χ0v) is 14.8. The number of halogens is 1. The quantitative estimate of drug-likeness (QED) is 0.705. The van der Waals surface area contributed by atoms with Crippen LogP contribution in [0.15, 0.2) is 34.9 Å². The molecule has 130 valence electrons. The Morgan fingerprint density at radius 2 is 2.28 bits per heavy atom. The third-order valence-corrected chi connectivity index (χ3v) is 5.31. The van der Waals surface area contributed by atoms with Crippen LogP contribution in [-0.4, -0.2) is 32.7 Å². The number of benzene rings is 1. The van der Waals surface area contributed by atoms with Crippen molar-refractivity contribution in [1.82, 2.24) is 19.6 Å². The number of aromatic nitrogens is 3. The molecular formula is C18H19FN4OS. The Morgan fingerprint density at radius 3 is 3.08 bits per heavy atom. The number of rotatable bonds is 4. The van der Waals surface area contributed by atoms with Gasteiger partial charge in [-0.2, -0.15) is 0 Å². The minimum atomic E-state index is -0.183. The van der Waals surface area contributed by atoms with Crippen LogP contribution in [0.2, 0.25) is 0 Å². The van der Waals surface area contributed by atoms with Crippen molar-refractivity contribution in [2.24, 2.45) is 0 Å². The second kappa shape index (κ2) is 7.01. The summed E-state index contributed by atoms with van der Waals surface area (Å²) in [4.78, 5) is 3.33. The molecule has 4 rings (SSSR count). The van der Waals surface area contributed by atoms with Gasteiger partial charge >= 0.3 is 0 Å². The van der Waals surface area contributed by atoms with Crippen LogP contribution in [0.4, 0.5) is 4.39 Å². The van der Waals surface area contributed by atoms with E-state index in [1.807, 2.05) is 19.1 Å². The van der Waals surface area contributed by atoms with Gasteiger partial charge in [-0.3, -0.25) is 4.90 Å². The Hall–Kier alpha value is -2.12. The van der Waals surface area contributed by atoms with Crippen LogP contribution in [0.5, 0.6) is 0 Å². The van der Waals surface area contributed by atoms with E-state index in [1.165, 1.54) is 17.6 Å². The molecule has 0 bridgehead atoms. The Morgan fingerprint density at radius 1 is 1.36 bits per heavy atom. The fraction of sp³-hybridized carbons (Fsp3) is 0.389. The van der Waals surface area contributed by atoms with Crippen LogP contribution in [0.25, 0.3) is 10.6 Å². The number of hydrogen-bond donors (Lipinski definition) is 0. The lowest BCUT2D eigenvalue weighted by Crippen LogP contribution is -2.34. The molecule has 1 fully saturated rings. The summed E-state index contributed by atoms with van der Waals surface area (Å²) in [6.07, 6.45) is 2.16. The molecule has 3 heterocycles. The van der Waals surface area contributed by atoms with Gasteiger partial charge in [-0.1, -0.05) is 21.8 Å². The summed E-state index contributed by atoms with van der Waals surface area (Å²) in [5.41, 5.74) is 2.85. The molecule has 1 unspecified atom stereocenters. The minimum Gasteiger partial charge on any atom is -0.355 e. The first-order valence-corrected chi connectivity index (χ1v) is 9.19. The molecule has 0 aliphatic carbocycles. The predicted octanol–water partition coefficient (Wildman–Crippen LogP) is 4.02. The summed E-state index contributed by atoms with van der Waals surface area (Å²) >= 11 is 1.35. The number of hydrogen-bond acceptors (Lipinski definition) is 6. The van der Waals surface area contributed by atoms with Crippen molar-refractivity contribution < 1.29 is 8.91 Å². The summed E-state index contributed by atoms with van der Waals surface area (Å²) in [7, 11) is 0. The lowest BCUT2D eigenvalue weighted by molar-refractivity contribution is 0.198. The molecule has 0 N–H and O–H groups in total. The molecule has 3 aromatic rings. The maximum Gasteiger partial charge on any atom is 0.180 e. The average Bonchev–Trinajstić information content (AvgIpc) is 3.23. The Kier molecular flexibility index (Phi) is 4.59. The SMILES string of the molecule is Cc1cc(-c2snnc2C2CCCN(Cc3cccc(F)c3)C2)on1. The highest BCUT2D eigenvalue weighted by Gasteiger charge is 2.27. The van der Waals surface area contributed by atoms with Gasteiger partial charge in [-0.15, -0.1) is 5.10 Å². The fourth-order valence-electron chi connectivity index (χ4n) is 3.42. The molecule has 1 aliphatic rings. The summed E-state index contributed by atoms with van der Waals surface area (Å²) in [5.74, 6) is 0.865. The first-order valence-electron chi connectivity index (χ1n) is 8.42. The largest absolute Gasteiger partial charge is 0.355 e. The van der Waals surface area contributed by atoms with Crippen molar-refractivity contribution in [2.45, 2.75) is 32.2 Å². The van der Waals surface area contributed by atoms with Gasteiger partial charge in [-0.25, -0.2) is 4.39 Å². The molecule has 0 amide bonds. The number of nitrogens with zero attached hydrogens (tertiary/aromatic N) is 4. The molecule has 5 nitrogen and oxygen atoms in total. The summed E-state index contributed by atoms with van der Waals surface area (Å²) in [5, 5.41) is 8.34. The van der Waals surface area contributed by atoms with Gasteiger partial charge in [0, 0.05) is 25.1 Å². The lowest BCUT2D eigenvalue weighted by Gasteiger charge is -2.32. The van der Waals surface area contributed by atoms with Crippen molar-refractivity contribution >= 4 is 11.5 Å². The van der Waals surface area contributed by atoms with Crippen molar-refractivity contribution in [3.05, 3.63) is 53.1 Å². The van der Waals surface area contributed by atoms with E-state index in [2.05, 4.69) is 19.6 Å². The smallest absolute Gasteiger partial charge is 0.180 e. The van der Waals surface area contributed by atoms with Crippen LogP contribution >= 0.6 is 11.5 Å². The summed E-state index contributed by atoms with van der Waals surface area (Å²) in [6.45, 7) is 4.56. The Labute approximate surface area is 149 Å². The summed E-state index contributed by atoms with van der Waals surface area (Å²) < 4.78 is 23.0. The van der Waals surface area contributed by atoms with E-state index in [9.17, 15) is 4.39 Å². The second-order valence-corrected chi connectivity index (χ2v) is 7.28. The number of likely N-dealkylation sites (tertiary alicyclic amines) is 1. The molecule has 0 spiro atoms. The molecule has 0 radical (unpaired) electrons. The fourth-order valence-corrected chi connectivity index (χ4v) is 4.12. The highest BCUT2D eigenvalue weighted by atomic mass is 32.1. The van der Waals surface area contributed by atoms with Gasteiger partial charge in [-0.05, 0) is 55.5 Å². The van der Waals surface area contributed by atoms with Crippen LogP contribution in [0.1, 0.15) is 35.7 Å². The molecule has 1 atom stereocenters. The maximum absolute atomic E-state index is 13.4. The summed E-state index contributed by atoms with van der Waals surface area (Å²) in [6, 6.07) is 8.75. The third kappa shape index (κ3) is 3.62. The zero-order valence-electron chi connectivity index (χ0n) is 14.0. The van der Waals surface area contributed by atoms with E-state index in [4.69, 9.17) is 4.52 Å². The number of piperidine rings is 1. The zero-order chi connectivity index (χ0) is 17.2. The molecule has 0 saturated carbocycles. The monoisotopic (exact) mass is 358 g/mol. The van der Waals surface area contributed by atoms with Gasteiger partial charge < -0.3 is 4.52 Å². The molecule has 1 aromatic carbocycles. The van der Waals surface area contributed by atoms with Crippen molar-refractivity contribution in [3.8, 4) is 10.6 Å². The van der Waals surface area contributed by atoms with Crippen molar-refractivity contribution in [3.63, 3.8) is 0 Å². The normalized spacial score (nSPS) is 18.6. The van der Waals surface area contributed by atoms with E-state index in [0.29, 0.717) is 5.92 Å². The van der Waals surface area contributed by atoms with E-state index >= 15 is 0 Å². The molecule has 1 aliphatic heterocycles. The Bertz CT molecular complexity index is 862. The second-order valence-electron chi connectivity index (χ2n) is 6.52. The molecule has 1 saturated heterocycles. The van der Waals surface area contributed by atoms with Crippen LogP contribution in [0.3, 0.4) is 0 Å². The first-order chi connectivity index (χ1) is 12.2. The highest BCUT2D eigenvalue weighted by molar-refractivity contribution is 7.09. The van der Waals surface area contributed by atoms with Crippen molar-refractivity contribution in [1.29, 1.82) is 0 Å². The topological polar surface area (TPSA) is 55.1 Å². The Balaban J connectivity index is 1.51. The van der Waals surface area contributed by atoms with Gasteiger partial charge in [0.25, 0.3) is 0 Å². The molecule has 7 heteroatoms. The number of aryl methyl sites for hydroxylation is 1. The predicted molar refractivity (Wildman–Crippen MR) is 93.8 cm³/mol. The van der Waals surface area contributed by atoms with Crippen molar-refractivity contribution in [2.75, 3.05) is 13.1 Å². The minimum absolute atomic E-state index is 0.183. The van der Waals surface area contributed by atoms with Crippen LogP contribution in [0, 0.1) is 12.7 Å². The lowest BCUT2D eigenvalue weighted by atomic mass is 9.93. The van der Waals surface area contributed by atoms with E-state index in [0.717, 1.165) is 60.1 Å². The maximum atomic E-state index is 13.4. The average molecular weight is 358 g/mol. The molecule has 2 aromatic heterocycles. The molecule has 25 heavy (non-hydrogen) atoms. The van der Waals surface area contributed by atoms with Crippen LogP contribution in [-0.2, 0) is 6.54 Å². The first kappa shape index (κ1) is 16.4. The van der Waals surface area contributed by atoms with Gasteiger partial charge in [0.15, 0.2) is 5.76 Å². The van der Waals surface area contributed by atoms with E-state index in [-0.39, 0.29) is 5.82 Å². The third-order valence-electron chi connectivity index (χ3n) is 4.55. The van der Waals surface area contributed by atoms with Gasteiger partial charge in [0.05, 0.1) is 11.4 Å².